The molecule has 1 N–H and O–H groups in total. The lowest BCUT2D eigenvalue weighted by Gasteiger charge is -2.26. The minimum Gasteiger partial charge on any atom is -0.338 e. The number of aromatic nitrogens is 2. The van der Waals surface area contributed by atoms with E-state index >= 15 is 0 Å². The smallest absolute Gasteiger partial charge is 0.267 e. The Balaban J connectivity index is 2.06. The van der Waals surface area contributed by atoms with Crippen LogP contribution in [0.5, 0.6) is 0 Å². The van der Waals surface area contributed by atoms with Crippen molar-refractivity contribution in [1.29, 1.82) is 0 Å². The molecule has 1 saturated heterocycles. The fourth-order valence-corrected chi connectivity index (χ4v) is 3.18. The molecule has 1 fully saturated rings. The normalized spacial score (nSPS) is 20.0. The van der Waals surface area contributed by atoms with Crippen molar-refractivity contribution in [3.63, 3.8) is 0 Å². The molecule has 1 aliphatic heterocycles. The van der Waals surface area contributed by atoms with E-state index in [0.717, 1.165) is 55.8 Å². The molecule has 2 heterocycles. The van der Waals surface area contributed by atoms with Crippen molar-refractivity contribution < 1.29 is 4.79 Å². The molecule has 6 heteroatoms. The fraction of sp³-hybridized carbons (Fsp3) is 0.769. The Labute approximate surface area is 118 Å². The van der Waals surface area contributed by atoms with Crippen LogP contribution in [0.3, 0.4) is 0 Å². The molecule has 1 aromatic rings. The molecule has 0 aliphatic carbocycles. The first kappa shape index (κ1) is 14.4. The van der Waals surface area contributed by atoms with Gasteiger partial charge in [-0.25, -0.2) is 0 Å². The van der Waals surface area contributed by atoms with E-state index in [0.29, 0.717) is 6.04 Å². The van der Waals surface area contributed by atoms with Gasteiger partial charge in [-0.2, -0.15) is 0 Å². The number of amides is 1. The van der Waals surface area contributed by atoms with Crippen molar-refractivity contribution in [2.24, 2.45) is 0 Å². The fourth-order valence-electron chi connectivity index (χ4n) is 2.49. The number of aryl methyl sites for hydroxylation is 1. The summed E-state index contributed by atoms with van der Waals surface area (Å²) in [5.74, 6) is 0.0883. The first-order chi connectivity index (χ1) is 9.24. The summed E-state index contributed by atoms with van der Waals surface area (Å²) >= 11 is 1.23. The largest absolute Gasteiger partial charge is 0.338 e. The number of nitrogens with one attached hydrogen (secondary N) is 1. The van der Waals surface area contributed by atoms with Crippen molar-refractivity contribution in [3.05, 3.63) is 10.6 Å². The highest BCUT2D eigenvalue weighted by atomic mass is 32.1. The van der Waals surface area contributed by atoms with Gasteiger partial charge in [0.25, 0.3) is 5.91 Å². The molecular formula is C13H22N4OS. The van der Waals surface area contributed by atoms with Crippen LogP contribution in [0.4, 0.5) is 0 Å². The number of carbonyl (C=O) groups is 1. The van der Waals surface area contributed by atoms with Crippen LogP contribution in [0.1, 0.15) is 48.0 Å². The molecule has 0 radical (unpaired) electrons. The number of nitrogens with zero attached hydrogens (tertiary/aromatic N) is 3. The predicted octanol–water partition coefficient (Wildman–Crippen LogP) is 1.70. The van der Waals surface area contributed by atoms with E-state index in [1.165, 1.54) is 11.5 Å². The maximum absolute atomic E-state index is 12.5. The van der Waals surface area contributed by atoms with Crippen LogP contribution in [-0.2, 0) is 6.42 Å². The molecule has 2 rings (SSSR count). The molecular weight excluding hydrogens is 260 g/mol. The second kappa shape index (κ2) is 6.96. The standard InChI is InChI=1S/C13H22N4OS/c1-3-5-11-12(19-16-15-11)13(18)17(2)10-6-4-8-14-9-7-10/h10,14H,3-9H2,1-2H3. The number of hydrogen-bond acceptors (Lipinski definition) is 5. The molecule has 19 heavy (non-hydrogen) atoms. The first-order valence-electron chi connectivity index (χ1n) is 7.03. The van der Waals surface area contributed by atoms with Gasteiger partial charge < -0.3 is 10.2 Å². The Kier molecular flexibility index (Phi) is 5.27. The first-order valence-corrected chi connectivity index (χ1v) is 7.80. The molecule has 0 aromatic carbocycles. The van der Waals surface area contributed by atoms with Crippen LogP contribution in [0, 0.1) is 0 Å². The summed E-state index contributed by atoms with van der Waals surface area (Å²) in [5.41, 5.74) is 0.857. The topological polar surface area (TPSA) is 58.1 Å². The van der Waals surface area contributed by atoms with E-state index in [9.17, 15) is 4.79 Å². The number of rotatable bonds is 4. The Morgan fingerprint density at radius 3 is 3.11 bits per heavy atom. The Hall–Kier alpha value is -1.01. The van der Waals surface area contributed by atoms with Gasteiger partial charge in [-0.3, -0.25) is 4.79 Å². The summed E-state index contributed by atoms with van der Waals surface area (Å²) in [5, 5.41) is 7.46. The number of carbonyl (C=O) groups excluding carboxylic acids is 1. The molecule has 1 unspecified atom stereocenters. The molecule has 1 amide bonds. The third-order valence-corrected chi connectivity index (χ3v) is 4.41. The van der Waals surface area contributed by atoms with E-state index in [1.807, 2.05) is 11.9 Å². The van der Waals surface area contributed by atoms with Crippen LogP contribution >= 0.6 is 11.5 Å². The van der Waals surface area contributed by atoms with Gasteiger partial charge in [-0.05, 0) is 50.3 Å². The zero-order chi connectivity index (χ0) is 13.7. The summed E-state index contributed by atoms with van der Waals surface area (Å²) in [6.45, 7) is 4.14. The average molecular weight is 282 g/mol. The molecule has 0 saturated carbocycles. The van der Waals surface area contributed by atoms with Gasteiger partial charge in [0, 0.05) is 13.1 Å². The molecule has 1 aromatic heterocycles. The highest BCUT2D eigenvalue weighted by Gasteiger charge is 2.25. The third kappa shape index (κ3) is 3.51. The summed E-state index contributed by atoms with van der Waals surface area (Å²) in [4.78, 5) is 15.2. The highest BCUT2D eigenvalue weighted by Crippen LogP contribution is 2.19. The maximum Gasteiger partial charge on any atom is 0.267 e. The lowest BCUT2D eigenvalue weighted by molar-refractivity contribution is 0.0724. The van der Waals surface area contributed by atoms with Gasteiger partial charge in [0.05, 0.1) is 5.69 Å². The lowest BCUT2D eigenvalue weighted by atomic mass is 10.1. The Morgan fingerprint density at radius 2 is 2.32 bits per heavy atom. The van der Waals surface area contributed by atoms with Crippen LogP contribution < -0.4 is 5.32 Å². The summed E-state index contributed by atoms with van der Waals surface area (Å²) in [7, 11) is 1.91. The molecule has 106 valence electrons. The second-order valence-corrected chi connectivity index (χ2v) is 5.80. The minimum absolute atomic E-state index is 0.0883. The van der Waals surface area contributed by atoms with Crippen molar-refractivity contribution in [3.8, 4) is 0 Å². The van der Waals surface area contributed by atoms with Gasteiger partial charge in [-0.15, -0.1) is 5.10 Å². The SMILES string of the molecule is CCCc1nnsc1C(=O)N(C)C1CCCNCC1. The van der Waals surface area contributed by atoms with Gasteiger partial charge in [0.15, 0.2) is 0 Å². The Morgan fingerprint density at radius 1 is 1.47 bits per heavy atom. The quantitative estimate of drug-likeness (QED) is 0.913. The van der Waals surface area contributed by atoms with Crippen molar-refractivity contribution in [2.75, 3.05) is 20.1 Å². The van der Waals surface area contributed by atoms with Gasteiger partial charge in [0.1, 0.15) is 4.88 Å². The molecule has 1 aliphatic rings. The second-order valence-electron chi connectivity index (χ2n) is 5.05. The Bertz CT molecular complexity index is 413. The van der Waals surface area contributed by atoms with Gasteiger partial charge in [-0.1, -0.05) is 17.8 Å². The monoisotopic (exact) mass is 282 g/mol. The average Bonchev–Trinajstić information content (AvgIpc) is 2.71. The van der Waals surface area contributed by atoms with Crippen LogP contribution in [0.2, 0.25) is 0 Å². The van der Waals surface area contributed by atoms with Crippen LogP contribution in [-0.4, -0.2) is 46.6 Å². The molecule has 5 nitrogen and oxygen atoms in total. The molecule has 1 atom stereocenters. The van der Waals surface area contributed by atoms with E-state index in [1.54, 1.807) is 0 Å². The van der Waals surface area contributed by atoms with Crippen LogP contribution in [0.15, 0.2) is 0 Å². The zero-order valence-electron chi connectivity index (χ0n) is 11.7. The summed E-state index contributed by atoms with van der Waals surface area (Å²) < 4.78 is 3.94. The summed E-state index contributed by atoms with van der Waals surface area (Å²) in [6, 6.07) is 0.332. The summed E-state index contributed by atoms with van der Waals surface area (Å²) in [6.07, 6.45) is 5.05. The maximum atomic E-state index is 12.5. The lowest BCUT2D eigenvalue weighted by Crippen LogP contribution is -2.37. The predicted molar refractivity (Wildman–Crippen MR) is 76.5 cm³/mol. The van der Waals surface area contributed by atoms with E-state index < -0.39 is 0 Å². The highest BCUT2D eigenvalue weighted by molar-refractivity contribution is 7.08. The van der Waals surface area contributed by atoms with Crippen molar-refractivity contribution in [2.45, 2.75) is 45.1 Å². The van der Waals surface area contributed by atoms with Gasteiger partial charge in [0.2, 0.25) is 0 Å². The van der Waals surface area contributed by atoms with E-state index in [4.69, 9.17) is 0 Å². The molecule has 0 bridgehead atoms. The number of hydrogen-bond donors (Lipinski definition) is 1. The van der Waals surface area contributed by atoms with E-state index in [-0.39, 0.29) is 5.91 Å². The van der Waals surface area contributed by atoms with Crippen LogP contribution in [0.25, 0.3) is 0 Å². The molecule has 0 spiro atoms. The van der Waals surface area contributed by atoms with Crippen molar-refractivity contribution in [1.82, 2.24) is 19.8 Å². The van der Waals surface area contributed by atoms with Gasteiger partial charge >= 0.3 is 0 Å². The van der Waals surface area contributed by atoms with E-state index in [2.05, 4.69) is 21.8 Å². The van der Waals surface area contributed by atoms with Crippen molar-refractivity contribution >= 4 is 17.4 Å². The third-order valence-electron chi connectivity index (χ3n) is 3.65. The minimum atomic E-state index is 0.0883. The zero-order valence-corrected chi connectivity index (χ0v) is 12.5.